The molecule has 3 nitrogen and oxygen atoms in total. The average molecular weight is 402 g/mol. The number of nitrogens with one attached hydrogen (secondary N) is 1. The first-order valence-electron chi connectivity index (χ1n) is 10.4. The number of fused-ring (bicyclic) bond motifs is 3. The van der Waals surface area contributed by atoms with E-state index in [1.54, 1.807) is 0 Å². The van der Waals surface area contributed by atoms with Gasteiger partial charge in [0.1, 0.15) is 0 Å². The molecule has 0 spiro atoms. The predicted octanol–water partition coefficient (Wildman–Crippen LogP) is 6.93. The van der Waals surface area contributed by atoms with E-state index in [4.69, 9.17) is 10.4 Å². The zero-order valence-corrected chi connectivity index (χ0v) is 17.6. The first-order valence-corrected chi connectivity index (χ1v) is 10.4. The first kappa shape index (κ1) is 19.0. The van der Waals surface area contributed by atoms with Crippen LogP contribution >= 0.6 is 0 Å². The number of aromatic nitrogens is 1. The smallest absolute Gasteiger partial charge is 0.227 e. The fourth-order valence-corrected chi connectivity index (χ4v) is 4.21. The van der Waals surface area contributed by atoms with Crippen LogP contribution in [0.4, 0.5) is 0 Å². The van der Waals surface area contributed by atoms with Crippen LogP contribution in [0, 0.1) is 12.3 Å². The molecule has 0 bridgehead atoms. The SMILES string of the molecule is C/C(=C1/C=CC=CC1=NC(=N)n1c2ccccc2c2cc(C)ccc21)c1ccccc1. The fraction of sp³-hybridized carbons (Fsp3) is 0.0714. The van der Waals surface area contributed by atoms with Gasteiger partial charge in [-0.25, -0.2) is 4.99 Å². The Morgan fingerprint density at radius 3 is 2.35 bits per heavy atom. The van der Waals surface area contributed by atoms with Gasteiger partial charge in [0, 0.05) is 16.3 Å². The van der Waals surface area contributed by atoms with Crippen molar-refractivity contribution in [3.8, 4) is 0 Å². The lowest BCUT2D eigenvalue weighted by Crippen LogP contribution is -2.12. The Morgan fingerprint density at radius 1 is 0.806 bits per heavy atom. The molecule has 0 aliphatic heterocycles. The van der Waals surface area contributed by atoms with Crippen LogP contribution in [0.25, 0.3) is 27.4 Å². The molecule has 1 aliphatic rings. The van der Waals surface area contributed by atoms with Crippen molar-refractivity contribution in [2.75, 3.05) is 0 Å². The highest BCUT2D eigenvalue weighted by molar-refractivity contribution is 6.21. The van der Waals surface area contributed by atoms with Gasteiger partial charge in [-0.15, -0.1) is 0 Å². The lowest BCUT2D eigenvalue weighted by Gasteiger charge is -2.13. The lowest BCUT2D eigenvalue weighted by molar-refractivity contribution is 1.19. The molecule has 0 atom stereocenters. The minimum absolute atomic E-state index is 0.211. The molecule has 1 aromatic heterocycles. The summed E-state index contributed by atoms with van der Waals surface area (Å²) in [4.78, 5) is 4.80. The molecule has 150 valence electrons. The van der Waals surface area contributed by atoms with E-state index in [2.05, 4.69) is 62.4 Å². The summed E-state index contributed by atoms with van der Waals surface area (Å²) in [5.41, 5.74) is 7.34. The zero-order chi connectivity index (χ0) is 21.4. The molecule has 0 amide bonds. The van der Waals surface area contributed by atoms with Crippen molar-refractivity contribution in [2.45, 2.75) is 13.8 Å². The predicted molar refractivity (Wildman–Crippen MR) is 132 cm³/mol. The lowest BCUT2D eigenvalue weighted by atomic mass is 9.95. The average Bonchev–Trinajstić information content (AvgIpc) is 3.13. The number of allylic oxidation sites excluding steroid dienone is 6. The van der Waals surface area contributed by atoms with Gasteiger partial charge < -0.3 is 0 Å². The summed E-state index contributed by atoms with van der Waals surface area (Å²) in [5.74, 6) is 0.211. The number of benzene rings is 3. The van der Waals surface area contributed by atoms with Gasteiger partial charge in [0.2, 0.25) is 5.96 Å². The van der Waals surface area contributed by atoms with Crippen LogP contribution in [0.3, 0.4) is 0 Å². The normalized spacial score (nSPS) is 16.4. The minimum atomic E-state index is 0.211. The Labute approximate surface area is 181 Å². The van der Waals surface area contributed by atoms with Crippen molar-refractivity contribution in [3.63, 3.8) is 0 Å². The summed E-state index contributed by atoms with van der Waals surface area (Å²) in [6, 6.07) is 24.9. The quantitative estimate of drug-likeness (QED) is 0.265. The second kappa shape index (κ2) is 7.69. The van der Waals surface area contributed by atoms with Gasteiger partial charge >= 0.3 is 0 Å². The maximum absolute atomic E-state index is 8.93. The number of para-hydroxylation sites is 1. The third-order valence-electron chi connectivity index (χ3n) is 5.78. The molecule has 3 aromatic carbocycles. The molecule has 0 saturated heterocycles. The number of aryl methyl sites for hydroxylation is 1. The Bertz CT molecular complexity index is 1440. The van der Waals surface area contributed by atoms with Crippen LogP contribution in [0.5, 0.6) is 0 Å². The van der Waals surface area contributed by atoms with E-state index in [1.165, 1.54) is 5.56 Å². The van der Waals surface area contributed by atoms with Crippen molar-refractivity contribution in [1.29, 1.82) is 5.41 Å². The summed E-state index contributed by atoms with van der Waals surface area (Å²) >= 11 is 0. The monoisotopic (exact) mass is 401 g/mol. The molecule has 3 heteroatoms. The number of nitrogens with zero attached hydrogens (tertiary/aromatic N) is 2. The molecule has 1 N–H and O–H groups in total. The molecule has 5 rings (SSSR count). The minimum Gasteiger partial charge on any atom is -0.278 e. The van der Waals surface area contributed by atoms with E-state index in [0.29, 0.717) is 0 Å². The Kier molecular flexibility index (Phi) is 4.72. The first-order chi connectivity index (χ1) is 15.1. The van der Waals surface area contributed by atoms with E-state index in [9.17, 15) is 0 Å². The third kappa shape index (κ3) is 3.34. The zero-order valence-electron chi connectivity index (χ0n) is 17.6. The maximum Gasteiger partial charge on any atom is 0.227 e. The Hall–Kier alpha value is -3.98. The third-order valence-corrected chi connectivity index (χ3v) is 5.78. The van der Waals surface area contributed by atoms with Gasteiger partial charge in [-0.3, -0.25) is 9.98 Å². The number of hydrogen-bond acceptors (Lipinski definition) is 1. The van der Waals surface area contributed by atoms with Crippen LogP contribution in [-0.2, 0) is 0 Å². The highest BCUT2D eigenvalue weighted by Gasteiger charge is 2.16. The van der Waals surface area contributed by atoms with Gasteiger partial charge in [0.05, 0.1) is 16.7 Å². The van der Waals surface area contributed by atoms with Gasteiger partial charge in [-0.05, 0) is 49.3 Å². The molecule has 31 heavy (non-hydrogen) atoms. The van der Waals surface area contributed by atoms with Crippen molar-refractivity contribution in [1.82, 2.24) is 4.57 Å². The molecular formula is C28H23N3. The standard InChI is InChI=1S/C28H23N3/c1-19-16-17-27-24(18-19)23-13-7-9-15-26(23)31(27)28(29)30-25-14-8-6-12-22(25)20(2)21-10-4-3-5-11-21/h3-18,29H,1-2H3/b22-20+,29-28?,30-25?. The van der Waals surface area contributed by atoms with Gasteiger partial charge in [-0.2, -0.15) is 0 Å². The van der Waals surface area contributed by atoms with Crippen LogP contribution in [-0.4, -0.2) is 16.2 Å². The molecule has 4 aromatic rings. The van der Waals surface area contributed by atoms with E-state index in [0.717, 1.165) is 44.2 Å². The Balaban J connectivity index is 1.68. The highest BCUT2D eigenvalue weighted by Crippen LogP contribution is 2.30. The van der Waals surface area contributed by atoms with Crippen LogP contribution < -0.4 is 0 Å². The summed E-state index contributed by atoms with van der Waals surface area (Å²) in [5, 5.41) is 11.2. The molecule has 1 aliphatic carbocycles. The van der Waals surface area contributed by atoms with Crippen molar-refractivity contribution in [3.05, 3.63) is 114 Å². The summed E-state index contributed by atoms with van der Waals surface area (Å²) in [7, 11) is 0. The van der Waals surface area contributed by atoms with Crippen LogP contribution in [0.15, 0.2) is 108 Å². The van der Waals surface area contributed by atoms with Crippen LogP contribution in [0.1, 0.15) is 18.1 Å². The summed E-state index contributed by atoms with van der Waals surface area (Å²) in [6.07, 6.45) is 8.05. The molecule has 0 radical (unpaired) electrons. The topological polar surface area (TPSA) is 41.1 Å². The molecule has 1 heterocycles. The van der Waals surface area contributed by atoms with Crippen molar-refractivity contribution in [2.24, 2.45) is 4.99 Å². The van der Waals surface area contributed by atoms with Gasteiger partial charge in [-0.1, -0.05) is 78.4 Å². The van der Waals surface area contributed by atoms with Gasteiger partial charge in [0.25, 0.3) is 0 Å². The van der Waals surface area contributed by atoms with Crippen molar-refractivity contribution >= 4 is 39.1 Å². The molecule has 0 unspecified atom stereocenters. The Morgan fingerprint density at radius 2 is 1.52 bits per heavy atom. The highest BCUT2D eigenvalue weighted by atomic mass is 15.1. The second-order valence-electron chi connectivity index (χ2n) is 7.82. The number of rotatable bonds is 1. The maximum atomic E-state index is 8.93. The molecular weight excluding hydrogens is 378 g/mol. The second-order valence-corrected chi connectivity index (χ2v) is 7.82. The van der Waals surface area contributed by atoms with Crippen LogP contribution in [0.2, 0.25) is 0 Å². The van der Waals surface area contributed by atoms with Gasteiger partial charge in [0.15, 0.2) is 0 Å². The van der Waals surface area contributed by atoms with E-state index >= 15 is 0 Å². The largest absolute Gasteiger partial charge is 0.278 e. The summed E-state index contributed by atoms with van der Waals surface area (Å²) < 4.78 is 1.94. The molecule has 0 fully saturated rings. The van der Waals surface area contributed by atoms with E-state index in [-0.39, 0.29) is 5.96 Å². The van der Waals surface area contributed by atoms with E-state index < -0.39 is 0 Å². The molecule has 0 saturated carbocycles. The number of aliphatic imine (C=N–C) groups is 1. The number of hydrogen-bond donors (Lipinski definition) is 1. The van der Waals surface area contributed by atoms with E-state index in [1.807, 2.05) is 53.1 Å². The summed E-state index contributed by atoms with van der Waals surface area (Å²) in [6.45, 7) is 4.20. The van der Waals surface area contributed by atoms with Crippen molar-refractivity contribution < 1.29 is 0 Å². The fourth-order valence-electron chi connectivity index (χ4n) is 4.21.